The molecule has 0 saturated heterocycles. The van der Waals surface area contributed by atoms with E-state index in [1.165, 1.54) is 0 Å². The van der Waals surface area contributed by atoms with Crippen molar-refractivity contribution in [2.24, 2.45) is 0 Å². The molecule has 4 aromatic rings. The van der Waals surface area contributed by atoms with Crippen molar-refractivity contribution < 1.29 is 28.1 Å². The molecule has 7 nitrogen and oxygen atoms in total. The summed E-state index contributed by atoms with van der Waals surface area (Å²) in [5, 5.41) is 2.61. The van der Waals surface area contributed by atoms with Gasteiger partial charge >= 0.3 is 0 Å². The Morgan fingerprint density at radius 2 is 0.733 bits per heavy atom. The summed E-state index contributed by atoms with van der Waals surface area (Å²) in [6, 6.07) is 30.0. The minimum absolute atomic E-state index is 0.321. The average molecular weight is 650 g/mol. The molecular weight excluding hydrogens is 604 g/mol. The number of benzene rings is 4. The first-order chi connectivity index (χ1) is 21.5. The topological polar surface area (TPSA) is 74.3 Å². The van der Waals surface area contributed by atoms with Crippen LogP contribution in [0.1, 0.15) is 20.8 Å². The molecule has 0 atom stereocenters. The van der Waals surface area contributed by atoms with Crippen LogP contribution in [0.25, 0.3) is 0 Å². The van der Waals surface area contributed by atoms with Gasteiger partial charge in [-0.2, -0.15) is 0 Å². The number of hydrogen-bond acceptors (Lipinski definition) is 7. The number of methoxy groups -OCH3 is 4. The van der Waals surface area contributed by atoms with Gasteiger partial charge in [0.25, 0.3) is 0 Å². The highest BCUT2D eigenvalue weighted by atomic mass is 31.2. The van der Waals surface area contributed by atoms with E-state index in [9.17, 15) is 0 Å². The van der Waals surface area contributed by atoms with Gasteiger partial charge in [0.05, 0.1) is 49.7 Å². The molecule has 0 spiro atoms. The van der Waals surface area contributed by atoms with Crippen LogP contribution in [0.5, 0.6) is 23.0 Å². The van der Waals surface area contributed by atoms with E-state index in [1.807, 2.05) is 97.1 Å². The molecule has 240 valence electrons. The molecular formula is C36H45NO6P2. The number of ether oxygens (including phenoxy) is 4. The highest BCUT2D eigenvalue weighted by Gasteiger charge is 2.37. The lowest BCUT2D eigenvalue weighted by Gasteiger charge is -2.38. The monoisotopic (exact) mass is 649 g/mol. The Morgan fingerprint density at radius 1 is 0.489 bits per heavy atom. The van der Waals surface area contributed by atoms with Gasteiger partial charge in [-0.1, -0.05) is 48.5 Å². The second-order valence-corrected chi connectivity index (χ2v) is 17.6. The Bertz CT molecular complexity index is 1460. The van der Waals surface area contributed by atoms with E-state index in [2.05, 4.69) is 25.7 Å². The molecule has 0 amide bonds. The third-order valence-corrected chi connectivity index (χ3v) is 14.5. The maximum absolute atomic E-state index is 15.3. The molecule has 4 rings (SSSR count). The summed E-state index contributed by atoms with van der Waals surface area (Å²) in [7, 11) is -0.135. The molecule has 45 heavy (non-hydrogen) atoms. The van der Waals surface area contributed by atoms with Crippen LogP contribution in [0, 0.1) is 0 Å². The van der Waals surface area contributed by atoms with Gasteiger partial charge in [0.2, 0.25) is 0 Å². The largest absolute Gasteiger partial charge is 0.496 e. The van der Waals surface area contributed by atoms with Gasteiger partial charge in [0, 0.05) is 31.0 Å². The quantitative estimate of drug-likeness (QED) is 0.152. The molecule has 0 bridgehead atoms. The average Bonchev–Trinajstić information content (AvgIpc) is 3.07. The highest BCUT2D eigenvalue weighted by Crippen LogP contribution is 2.50. The predicted molar refractivity (Wildman–Crippen MR) is 187 cm³/mol. The van der Waals surface area contributed by atoms with Gasteiger partial charge in [0.15, 0.2) is 14.3 Å². The zero-order valence-electron chi connectivity index (χ0n) is 27.4. The van der Waals surface area contributed by atoms with Gasteiger partial charge in [-0.15, -0.1) is 0 Å². The van der Waals surface area contributed by atoms with Crippen molar-refractivity contribution >= 4 is 35.5 Å². The zero-order chi connectivity index (χ0) is 32.7. The third-order valence-electron chi connectivity index (χ3n) is 8.22. The molecule has 0 unspecified atom stereocenters. The van der Waals surface area contributed by atoms with E-state index in [-0.39, 0.29) is 5.54 Å². The molecule has 0 saturated carbocycles. The molecule has 0 aromatic heterocycles. The lowest BCUT2D eigenvalue weighted by Crippen LogP contribution is -2.45. The second kappa shape index (κ2) is 14.7. The van der Waals surface area contributed by atoms with E-state index in [0.717, 1.165) is 0 Å². The number of rotatable bonds is 14. The Hall–Kier alpha value is -3.50. The van der Waals surface area contributed by atoms with E-state index < -0.39 is 14.3 Å². The number of nitrogens with zero attached hydrogens (tertiary/aromatic N) is 1. The van der Waals surface area contributed by atoms with Crippen molar-refractivity contribution in [3.63, 3.8) is 0 Å². The maximum atomic E-state index is 15.3. The molecule has 0 heterocycles. The summed E-state index contributed by atoms with van der Waals surface area (Å²) in [6.07, 6.45) is 0.664. The zero-order valence-corrected chi connectivity index (χ0v) is 29.1. The third kappa shape index (κ3) is 7.33. The van der Waals surface area contributed by atoms with Crippen LogP contribution in [0.2, 0.25) is 0 Å². The van der Waals surface area contributed by atoms with Gasteiger partial charge in [0.1, 0.15) is 23.0 Å². The Morgan fingerprint density at radius 3 is 0.956 bits per heavy atom. The van der Waals surface area contributed by atoms with Crippen molar-refractivity contribution in [2.75, 3.05) is 53.9 Å². The van der Waals surface area contributed by atoms with Crippen LogP contribution in [0.3, 0.4) is 0 Å². The normalized spacial score (nSPS) is 12.2. The molecule has 0 fully saturated rings. The lowest BCUT2D eigenvalue weighted by molar-refractivity contribution is 0.155. The van der Waals surface area contributed by atoms with E-state index in [4.69, 9.17) is 18.9 Å². The Labute approximate surface area is 268 Å². The van der Waals surface area contributed by atoms with Crippen LogP contribution in [0.15, 0.2) is 97.1 Å². The maximum Gasteiger partial charge on any atom is 0.151 e. The van der Waals surface area contributed by atoms with Crippen molar-refractivity contribution in [1.82, 2.24) is 4.90 Å². The first kappa shape index (κ1) is 34.4. The standard InChI is InChI=1S/C36H45NO6P2/c1-36(2,3)37(24-26-44(38,32-20-12-8-16-28(32)40-4)33-21-13-9-17-29(33)41-5)25-27-45(39,34-22-14-10-18-30(34)42-6)35-23-15-11-19-31(35)43-7/h8-23H,24-27H2,1-7H3. The lowest BCUT2D eigenvalue weighted by atomic mass is 10.1. The summed E-state index contributed by atoms with van der Waals surface area (Å²) in [5.74, 6) is 2.30. The summed E-state index contributed by atoms with van der Waals surface area (Å²) in [4.78, 5) is 2.27. The Kier molecular flexibility index (Phi) is 11.3. The number of hydrogen-bond donors (Lipinski definition) is 0. The van der Waals surface area contributed by atoms with E-state index in [1.54, 1.807) is 28.4 Å². The molecule has 0 aliphatic rings. The molecule has 4 aromatic carbocycles. The predicted octanol–water partition coefficient (Wildman–Crippen LogP) is 6.15. The van der Waals surface area contributed by atoms with Crippen LogP contribution in [-0.4, -0.2) is 64.3 Å². The fraction of sp³-hybridized carbons (Fsp3) is 0.333. The van der Waals surface area contributed by atoms with Crippen molar-refractivity contribution in [1.29, 1.82) is 0 Å². The minimum Gasteiger partial charge on any atom is -0.496 e. The van der Waals surface area contributed by atoms with Crippen LogP contribution >= 0.6 is 14.3 Å². The molecule has 0 aliphatic carbocycles. The fourth-order valence-electron chi connectivity index (χ4n) is 5.76. The van der Waals surface area contributed by atoms with E-state index >= 15 is 9.13 Å². The summed E-state index contributed by atoms with van der Waals surface area (Å²) < 4.78 is 53.5. The van der Waals surface area contributed by atoms with Gasteiger partial charge in [-0.05, 0) is 69.3 Å². The van der Waals surface area contributed by atoms with Crippen molar-refractivity contribution in [3.05, 3.63) is 97.1 Å². The molecule has 9 heteroatoms. The molecule has 0 N–H and O–H groups in total. The number of para-hydroxylation sites is 4. The smallest absolute Gasteiger partial charge is 0.151 e. The summed E-state index contributed by atoms with van der Waals surface area (Å²) in [6.45, 7) is 7.34. The van der Waals surface area contributed by atoms with Gasteiger partial charge < -0.3 is 28.1 Å². The van der Waals surface area contributed by atoms with Crippen molar-refractivity contribution in [2.45, 2.75) is 26.3 Å². The van der Waals surface area contributed by atoms with Crippen molar-refractivity contribution in [3.8, 4) is 23.0 Å². The summed E-state index contributed by atoms with van der Waals surface area (Å²) in [5.41, 5.74) is -0.321. The van der Waals surface area contributed by atoms with E-state index in [0.29, 0.717) is 69.6 Å². The van der Waals surface area contributed by atoms with Crippen LogP contribution in [0.4, 0.5) is 0 Å². The minimum atomic E-state index is -3.26. The van der Waals surface area contributed by atoms with Gasteiger partial charge in [-0.25, -0.2) is 0 Å². The van der Waals surface area contributed by atoms with Gasteiger partial charge in [-0.3, -0.25) is 4.90 Å². The molecule has 0 aliphatic heterocycles. The molecule has 0 radical (unpaired) electrons. The van der Waals surface area contributed by atoms with Crippen LogP contribution < -0.4 is 40.2 Å². The summed E-state index contributed by atoms with van der Waals surface area (Å²) >= 11 is 0. The fourth-order valence-corrected chi connectivity index (χ4v) is 11.7. The first-order valence-corrected chi connectivity index (χ1v) is 18.8. The highest BCUT2D eigenvalue weighted by molar-refractivity contribution is 7.79. The second-order valence-electron chi connectivity index (χ2n) is 11.8. The Balaban J connectivity index is 1.76. The van der Waals surface area contributed by atoms with Crippen LogP contribution in [-0.2, 0) is 9.13 Å². The SMILES string of the molecule is COc1ccccc1P(=O)(CCN(CCP(=O)(c1ccccc1OC)c1ccccc1OC)C(C)(C)C)c1ccccc1OC. The first-order valence-electron chi connectivity index (χ1n) is 15.0.